The van der Waals surface area contributed by atoms with Crippen molar-refractivity contribution in [2.75, 3.05) is 0 Å². The fourth-order valence-electron chi connectivity index (χ4n) is 1.50. The van der Waals surface area contributed by atoms with Crippen molar-refractivity contribution in [2.24, 2.45) is 5.73 Å². The lowest BCUT2D eigenvalue weighted by Crippen LogP contribution is -2.44. The van der Waals surface area contributed by atoms with Crippen LogP contribution in [0.4, 0.5) is 0 Å². The van der Waals surface area contributed by atoms with Gasteiger partial charge in [0, 0.05) is 18.0 Å². The lowest BCUT2D eigenvalue weighted by atomic mass is 10.1. The van der Waals surface area contributed by atoms with E-state index in [2.05, 4.69) is 16.9 Å². The molecule has 0 aliphatic rings. The van der Waals surface area contributed by atoms with Gasteiger partial charge in [-0.2, -0.15) is 0 Å². The van der Waals surface area contributed by atoms with Crippen LogP contribution in [0, 0.1) is 0 Å². The molecular formula is C13H17N3O2. The van der Waals surface area contributed by atoms with Gasteiger partial charge in [0.25, 0.3) is 5.91 Å². The molecule has 1 atom stereocenters. The number of hydrogen-bond acceptors (Lipinski definition) is 3. The molecule has 96 valence electrons. The van der Waals surface area contributed by atoms with Crippen molar-refractivity contribution < 1.29 is 9.59 Å². The Balaban J connectivity index is 2.58. The molecule has 0 saturated heterocycles. The summed E-state index contributed by atoms with van der Waals surface area (Å²) in [5.74, 6) is -0.846. The molecule has 0 fully saturated rings. The Labute approximate surface area is 106 Å². The van der Waals surface area contributed by atoms with Crippen molar-refractivity contribution in [1.29, 1.82) is 0 Å². The molecule has 1 rings (SSSR count). The summed E-state index contributed by atoms with van der Waals surface area (Å²) in [5.41, 5.74) is 5.71. The number of nitrogens with one attached hydrogen (secondary N) is 1. The predicted molar refractivity (Wildman–Crippen MR) is 68.7 cm³/mol. The van der Waals surface area contributed by atoms with Gasteiger partial charge in [-0.15, -0.1) is 6.58 Å². The quantitative estimate of drug-likeness (QED) is 0.557. The van der Waals surface area contributed by atoms with Crippen LogP contribution in [0.5, 0.6) is 0 Å². The van der Waals surface area contributed by atoms with E-state index in [1.54, 1.807) is 18.2 Å². The summed E-state index contributed by atoms with van der Waals surface area (Å²) in [5, 5.41) is 2.62. The number of carbonyl (C=O) groups is 2. The smallest absolute Gasteiger partial charge is 0.252 e. The minimum atomic E-state index is -0.648. The van der Waals surface area contributed by atoms with E-state index in [1.807, 2.05) is 0 Å². The molecule has 0 spiro atoms. The van der Waals surface area contributed by atoms with E-state index in [9.17, 15) is 9.59 Å². The largest absolute Gasteiger partial charge is 0.368 e. The number of nitrogens with zero attached hydrogens (tertiary/aromatic N) is 1. The minimum absolute atomic E-state index is 0.320. The molecule has 0 aliphatic heterocycles. The van der Waals surface area contributed by atoms with Crippen molar-refractivity contribution in [3.63, 3.8) is 0 Å². The molecule has 0 unspecified atom stereocenters. The zero-order valence-corrected chi connectivity index (χ0v) is 10.1. The Morgan fingerprint density at radius 1 is 1.44 bits per heavy atom. The van der Waals surface area contributed by atoms with Crippen molar-refractivity contribution in [2.45, 2.75) is 25.3 Å². The van der Waals surface area contributed by atoms with Crippen LogP contribution in [-0.4, -0.2) is 22.8 Å². The minimum Gasteiger partial charge on any atom is -0.368 e. The van der Waals surface area contributed by atoms with Crippen LogP contribution < -0.4 is 11.1 Å². The third-order valence-corrected chi connectivity index (χ3v) is 2.49. The molecule has 1 aromatic heterocycles. The first-order valence-corrected chi connectivity index (χ1v) is 5.76. The monoisotopic (exact) mass is 247 g/mol. The van der Waals surface area contributed by atoms with Gasteiger partial charge < -0.3 is 11.1 Å². The summed E-state index contributed by atoms with van der Waals surface area (Å²) >= 11 is 0. The Hall–Kier alpha value is -2.17. The van der Waals surface area contributed by atoms with Gasteiger partial charge in [0.05, 0.1) is 0 Å². The number of primary amides is 1. The van der Waals surface area contributed by atoms with Crippen LogP contribution in [0.2, 0.25) is 0 Å². The molecule has 18 heavy (non-hydrogen) atoms. The van der Waals surface area contributed by atoms with Gasteiger partial charge in [-0.1, -0.05) is 6.08 Å². The van der Waals surface area contributed by atoms with E-state index in [0.717, 1.165) is 12.8 Å². The maximum atomic E-state index is 11.8. The number of hydrogen-bond donors (Lipinski definition) is 2. The average molecular weight is 247 g/mol. The third-order valence-electron chi connectivity index (χ3n) is 2.49. The highest BCUT2D eigenvalue weighted by Crippen LogP contribution is 2.03. The molecule has 3 N–H and O–H groups in total. The fraction of sp³-hybridized carbons (Fsp3) is 0.308. The molecule has 1 aromatic rings. The van der Waals surface area contributed by atoms with Crippen LogP contribution in [0.15, 0.2) is 37.2 Å². The van der Waals surface area contributed by atoms with Gasteiger partial charge in [-0.3, -0.25) is 14.6 Å². The number of nitrogens with two attached hydrogens (primary N) is 1. The van der Waals surface area contributed by atoms with E-state index < -0.39 is 11.9 Å². The molecule has 0 bridgehead atoms. The maximum Gasteiger partial charge on any atom is 0.252 e. The summed E-state index contributed by atoms with van der Waals surface area (Å²) in [6.07, 6.45) is 6.86. The molecule has 1 heterocycles. The fourth-order valence-corrected chi connectivity index (χ4v) is 1.50. The van der Waals surface area contributed by atoms with Crippen molar-refractivity contribution in [3.8, 4) is 0 Å². The standard InChI is InChI=1S/C13H17N3O2/c1-2-3-4-5-11(12(14)17)16-13(18)10-6-8-15-9-7-10/h2,6-9,11H,1,3-5H2,(H2,14,17)(H,16,18)/t11-/m1/s1. The Kier molecular flexibility index (Phi) is 5.57. The normalized spacial score (nSPS) is 11.6. The van der Waals surface area contributed by atoms with E-state index >= 15 is 0 Å². The second-order valence-electron chi connectivity index (χ2n) is 3.88. The number of amides is 2. The number of aromatic nitrogens is 1. The molecule has 0 aromatic carbocycles. The van der Waals surface area contributed by atoms with Crippen LogP contribution in [0.3, 0.4) is 0 Å². The number of pyridine rings is 1. The first-order chi connectivity index (χ1) is 8.65. The van der Waals surface area contributed by atoms with Gasteiger partial charge in [0.1, 0.15) is 6.04 Å². The van der Waals surface area contributed by atoms with Crippen molar-refractivity contribution in [1.82, 2.24) is 10.3 Å². The Bertz CT molecular complexity index is 418. The van der Waals surface area contributed by atoms with Gasteiger partial charge in [0.2, 0.25) is 5.91 Å². The van der Waals surface area contributed by atoms with E-state index in [-0.39, 0.29) is 5.91 Å². The van der Waals surface area contributed by atoms with E-state index in [0.29, 0.717) is 12.0 Å². The van der Waals surface area contributed by atoms with Crippen LogP contribution in [0.1, 0.15) is 29.6 Å². The first-order valence-electron chi connectivity index (χ1n) is 5.76. The van der Waals surface area contributed by atoms with E-state index in [1.165, 1.54) is 12.4 Å². The lowest BCUT2D eigenvalue weighted by Gasteiger charge is -2.14. The molecule has 0 aliphatic carbocycles. The van der Waals surface area contributed by atoms with Crippen molar-refractivity contribution in [3.05, 3.63) is 42.7 Å². The molecule has 0 saturated carbocycles. The highest BCUT2D eigenvalue weighted by atomic mass is 16.2. The number of carbonyl (C=O) groups excluding carboxylic acids is 2. The Morgan fingerprint density at radius 3 is 2.67 bits per heavy atom. The summed E-state index contributed by atoms with van der Waals surface area (Å²) in [6.45, 7) is 3.60. The zero-order valence-electron chi connectivity index (χ0n) is 10.1. The van der Waals surface area contributed by atoms with Crippen LogP contribution in [-0.2, 0) is 4.79 Å². The molecular weight excluding hydrogens is 230 g/mol. The zero-order chi connectivity index (χ0) is 13.4. The molecule has 2 amide bonds. The third kappa shape index (κ3) is 4.37. The number of unbranched alkanes of at least 4 members (excludes halogenated alkanes) is 1. The average Bonchev–Trinajstić information content (AvgIpc) is 2.38. The second kappa shape index (κ2) is 7.21. The summed E-state index contributed by atoms with van der Waals surface area (Å²) in [4.78, 5) is 26.9. The first kappa shape index (κ1) is 13.9. The predicted octanol–water partition coefficient (Wildman–Crippen LogP) is 1.02. The maximum absolute atomic E-state index is 11.8. The van der Waals surface area contributed by atoms with Crippen LogP contribution in [0.25, 0.3) is 0 Å². The van der Waals surface area contributed by atoms with Crippen LogP contribution >= 0.6 is 0 Å². The highest BCUT2D eigenvalue weighted by Gasteiger charge is 2.18. The number of allylic oxidation sites excluding steroid dienone is 1. The van der Waals surface area contributed by atoms with Crippen molar-refractivity contribution >= 4 is 11.8 Å². The van der Waals surface area contributed by atoms with E-state index in [4.69, 9.17) is 5.73 Å². The van der Waals surface area contributed by atoms with Gasteiger partial charge in [-0.05, 0) is 31.4 Å². The number of rotatable bonds is 7. The molecule has 5 heteroatoms. The summed E-state index contributed by atoms with van der Waals surface area (Å²) in [6, 6.07) is 2.51. The molecule has 5 nitrogen and oxygen atoms in total. The van der Waals surface area contributed by atoms with Gasteiger partial charge in [-0.25, -0.2) is 0 Å². The van der Waals surface area contributed by atoms with Gasteiger partial charge >= 0.3 is 0 Å². The Morgan fingerprint density at radius 2 is 2.11 bits per heavy atom. The highest BCUT2D eigenvalue weighted by molar-refractivity contribution is 5.97. The summed E-state index contributed by atoms with van der Waals surface area (Å²) < 4.78 is 0. The molecule has 0 radical (unpaired) electrons. The van der Waals surface area contributed by atoms with Gasteiger partial charge in [0.15, 0.2) is 0 Å². The lowest BCUT2D eigenvalue weighted by molar-refractivity contribution is -0.120. The topological polar surface area (TPSA) is 85.1 Å². The SMILES string of the molecule is C=CCCC[C@@H](NC(=O)c1ccncc1)C(N)=O. The summed E-state index contributed by atoms with van der Waals surface area (Å²) in [7, 11) is 0. The second-order valence-corrected chi connectivity index (χ2v) is 3.88.